The predicted octanol–water partition coefficient (Wildman–Crippen LogP) is 3.07. The number of nitrogens with zero attached hydrogens (tertiary/aromatic N) is 1. The van der Waals surface area contributed by atoms with Crippen molar-refractivity contribution in [3.8, 4) is 0 Å². The van der Waals surface area contributed by atoms with Crippen LogP contribution in [0.25, 0.3) is 0 Å². The number of amides is 1. The van der Waals surface area contributed by atoms with Crippen LogP contribution in [-0.2, 0) is 4.79 Å². The average Bonchev–Trinajstić information content (AvgIpc) is 2.65. The summed E-state index contributed by atoms with van der Waals surface area (Å²) in [5.74, 6) is 1.89. The molecule has 0 radical (unpaired) electrons. The maximum absolute atomic E-state index is 11.3. The Bertz CT molecular complexity index is 215. The maximum atomic E-state index is 11.3. The lowest BCUT2D eigenvalue weighted by Crippen LogP contribution is -2.33. The third kappa shape index (κ3) is 3.22. The highest BCUT2D eigenvalue weighted by Gasteiger charge is 2.31. The van der Waals surface area contributed by atoms with Crippen LogP contribution in [0.5, 0.6) is 0 Å². The van der Waals surface area contributed by atoms with Crippen molar-refractivity contribution in [2.75, 3.05) is 7.05 Å². The van der Waals surface area contributed by atoms with Gasteiger partial charge in [-0.15, -0.1) is 0 Å². The molecular weight excluding hydrogens is 186 g/mol. The minimum atomic E-state index is 0.212. The molecule has 15 heavy (non-hydrogen) atoms. The van der Waals surface area contributed by atoms with Gasteiger partial charge in [0, 0.05) is 20.0 Å². The molecule has 0 bridgehead atoms. The molecule has 0 saturated heterocycles. The first-order valence-electron chi connectivity index (χ1n) is 6.29. The fraction of sp³-hybridized carbons (Fsp3) is 0.923. The van der Waals surface area contributed by atoms with E-state index in [0.717, 1.165) is 11.8 Å². The van der Waals surface area contributed by atoms with Gasteiger partial charge in [0.15, 0.2) is 0 Å². The van der Waals surface area contributed by atoms with Gasteiger partial charge in [-0.05, 0) is 31.1 Å². The molecule has 1 rings (SSSR count). The molecule has 0 aromatic heterocycles. The number of carbonyl (C=O) groups is 1. The molecule has 1 fully saturated rings. The second-order valence-corrected chi connectivity index (χ2v) is 5.12. The minimum absolute atomic E-state index is 0.212. The van der Waals surface area contributed by atoms with Crippen molar-refractivity contribution >= 4 is 5.91 Å². The zero-order chi connectivity index (χ0) is 11.4. The molecule has 0 aromatic rings. The van der Waals surface area contributed by atoms with E-state index in [1.54, 1.807) is 6.92 Å². The van der Waals surface area contributed by atoms with Crippen molar-refractivity contribution < 1.29 is 4.79 Å². The van der Waals surface area contributed by atoms with Gasteiger partial charge in [0.05, 0.1) is 0 Å². The van der Waals surface area contributed by atoms with Crippen LogP contribution in [0.15, 0.2) is 0 Å². The van der Waals surface area contributed by atoms with Gasteiger partial charge in [-0.3, -0.25) is 4.79 Å². The quantitative estimate of drug-likeness (QED) is 0.700. The third-order valence-electron chi connectivity index (χ3n) is 4.04. The van der Waals surface area contributed by atoms with Gasteiger partial charge in [0.1, 0.15) is 0 Å². The smallest absolute Gasteiger partial charge is 0.219 e. The van der Waals surface area contributed by atoms with Gasteiger partial charge in [-0.2, -0.15) is 0 Å². The SMILES string of the molecule is CCC[C@H](C)C1CCC(N(C)C(C)=O)C1. The first-order valence-corrected chi connectivity index (χ1v) is 6.29. The molecule has 2 nitrogen and oxygen atoms in total. The number of hydrogen-bond acceptors (Lipinski definition) is 1. The molecule has 0 heterocycles. The fourth-order valence-electron chi connectivity index (χ4n) is 2.81. The highest BCUT2D eigenvalue weighted by atomic mass is 16.2. The maximum Gasteiger partial charge on any atom is 0.219 e. The fourth-order valence-corrected chi connectivity index (χ4v) is 2.81. The van der Waals surface area contributed by atoms with Gasteiger partial charge in [0.2, 0.25) is 5.91 Å². The van der Waals surface area contributed by atoms with E-state index in [4.69, 9.17) is 0 Å². The molecule has 0 aromatic carbocycles. The molecular formula is C13H25NO. The van der Waals surface area contributed by atoms with Crippen molar-refractivity contribution in [3.63, 3.8) is 0 Å². The molecule has 0 N–H and O–H groups in total. The van der Waals surface area contributed by atoms with Crippen molar-refractivity contribution in [1.29, 1.82) is 0 Å². The summed E-state index contributed by atoms with van der Waals surface area (Å²) in [6.45, 7) is 6.29. The molecule has 3 atom stereocenters. The standard InChI is InChI=1S/C13H25NO/c1-5-6-10(2)12-7-8-13(9-12)14(4)11(3)15/h10,12-13H,5-9H2,1-4H3/t10-,12?,13?/m0/s1. The molecule has 1 amide bonds. The molecule has 2 unspecified atom stereocenters. The first kappa shape index (κ1) is 12.5. The average molecular weight is 211 g/mol. The van der Waals surface area contributed by atoms with E-state index in [0.29, 0.717) is 6.04 Å². The monoisotopic (exact) mass is 211 g/mol. The summed E-state index contributed by atoms with van der Waals surface area (Å²) >= 11 is 0. The van der Waals surface area contributed by atoms with Crippen LogP contribution < -0.4 is 0 Å². The van der Waals surface area contributed by atoms with Crippen LogP contribution in [-0.4, -0.2) is 23.9 Å². The van der Waals surface area contributed by atoms with Gasteiger partial charge in [-0.1, -0.05) is 26.7 Å². The van der Waals surface area contributed by atoms with E-state index in [-0.39, 0.29) is 5.91 Å². The third-order valence-corrected chi connectivity index (χ3v) is 4.04. The summed E-state index contributed by atoms with van der Waals surface area (Å²) in [7, 11) is 1.94. The second-order valence-electron chi connectivity index (χ2n) is 5.12. The van der Waals surface area contributed by atoms with Gasteiger partial charge < -0.3 is 4.90 Å². The Balaban J connectivity index is 2.41. The molecule has 88 valence electrons. The minimum Gasteiger partial charge on any atom is -0.343 e. The molecule has 0 spiro atoms. The van der Waals surface area contributed by atoms with Crippen molar-refractivity contribution in [3.05, 3.63) is 0 Å². The highest BCUT2D eigenvalue weighted by molar-refractivity contribution is 5.73. The van der Waals surface area contributed by atoms with Gasteiger partial charge in [-0.25, -0.2) is 0 Å². The van der Waals surface area contributed by atoms with Crippen molar-refractivity contribution in [2.45, 2.75) is 58.9 Å². The second kappa shape index (κ2) is 5.53. The Labute approximate surface area is 94.0 Å². The summed E-state index contributed by atoms with van der Waals surface area (Å²) in [6, 6.07) is 0.506. The number of hydrogen-bond donors (Lipinski definition) is 0. The Hall–Kier alpha value is -0.530. The van der Waals surface area contributed by atoms with Crippen molar-refractivity contribution in [1.82, 2.24) is 4.90 Å². The molecule has 0 aliphatic heterocycles. The van der Waals surface area contributed by atoms with Crippen molar-refractivity contribution in [2.24, 2.45) is 11.8 Å². The van der Waals surface area contributed by atoms with Crippen LogP contribution in [0, 0.1) is 11.8 Å². The topological polar surface area (TPSA) is 20.3 Å². The van der Waals surface area contributed by atoms with Crippen LogP contribution in [0.3, 0.4) is 0 Å². The summed E-state index contributed by atoms with van der Waals surface area (Å²) < 4.78 is 0. The largest absolute Gasteiger partial charge is 0.343 e. The summed E-state index contributed by atoms with van der Waals surface area (Å²) in [4.78, 5) is 13.2. The zero-order valence-electron chi connectivity index (χ0n) is 10.6. The molecule has 1 aliphatic carbocycles. The summed E-state index contributed by atoms with van der Waals surface area (Å²) in [5, 5.41) is 0. The normalized spacial score (nSPS) is 27.7. The van der Waals surface area contributed by atoms with E-state index in [2.05, 4.69) is 13.8 Å². The van der Waals surface area contributed by atoms with E-state index in [1.165, 1.54) is 32.1 Å². The highest BCUT2D eigenvalue weighted by Crippen LogP contribution is 2.35. The van der Waals surface area contributed by atoms with E-state index in [1.807, 2.05) is 11.9 Å². The van der Waals surface area contributed by atoms with Gasteiger partial charge >= 0.3 is 0 Å². The van der Waals surface area contributed by atoms with E-state index < -0.39 is 0 Å². The summed E-state index contributed by atoms with van der Waals surface area (Å²) in [6.07, 6.45) is 6.35. The lowest BCUT2D eigenvalue weighted by Gasteiger charge is -2.24. The summed E-state index contributed by atoms with van der Waals surface area (Å²) in [5.41, 5.74) is 0. The lowest BCUT2D eigenvalue weighted by molar-refractivity contribution is -0.129. The van der Waals surface area contributed by atoms with E-state index >= 15 is 0 Å². The predicted molar refractivity (Wildman–Crippen MR) is 63.6 cm³/mol. The molecule has 1 aliphatic rings. The number of rotatable bonds is 4. The Morgan fingerprint density at radius 3 is 2.67 bits per heavy atom. The van der Waals surface area contributed by atoms with Crippen LogP contribution in [0.4, 0.5) is 0 Å². The van der Waals surface area contributed by atoms with Crippen LogP contribution in [0.1, 0.15) is 52.9 Å². The first-order chi connectivity index (χ1) is 7.06. The molecule has 1 saturated carbocycles. The van der Waals surface area contributed by atoms with Crippen LogP contribution in [0.2, 0.25) is 0 Å². The lowest BCUT2D eigenvalue weighted by atomic mass is 9.89. The van der Waals surface area contributed by atoms with Crippen LogP contribution >= 0.6 is 0 Å². The molecule has 2 heteroatoms. The van der Waals surface area contributed by atoms with Gasteiger partial charge in [0.25, 0.3) is 0 Å². The number of carbonyl (C=O) groups excluding carboxylic acids is 1. The van der Waals surface area contributed by atoms with E-state index in [9.17, 15) is 4.79 Å². The Kier molecular flexibility index (Phi) is 4.62. The Morgan fingerprint density at radius 2 is 2.13 bits per heavy atom. The Morgan fingerprint density at radius 1 is 1.47 bits per heavy atom. The zero-order valence-corrected chi connectivity index (χ0v) is 10.6.